The summed E-state index contributed by atoms with van der Waals surface area (Å²) in [5, 5.41) is 0. The number of hydrogen-bond acceptors (Lipinski definition) is 4. The van der Waals surface area contributed by atoms with E-state index in [1.807, 2.05) is 32.9 Å². The highest BCUT2D eigenvalue weighted by Gasteiger charge is 2.24. The van der Waals surface area contributed by atoms with Gasteiger partial charge in [0.1, 0.15) is 10.6 Å². The van der Waals surface area contributed by atoms with Gasteiger partial charge in [0, 0.05) is 24.3 Å². The van der Waals surface area contributed by atoms with Gasteiger partial charge < -0.3 is 9.64 Å². The van der Waals surface area contributed by atoms with Gasteiger partial charge in [0.05, 0.1) is 7.11 Å². The highest BCUT2D eigenvalue weighted by Crippen LogP contribution is 2.33. The van der Waals surface area contributed by atoms with Gasteiger partial charge in [-0.15, -0.1) is 0 Å². The summed E-state index contributed by atoms with van der Waals surface area (Å²) in [5.41, 5.74) is 4.15. The largest absolute Gasteiger partial charge is 0.495 e. The van der Waals surface area contributed by atoms with Crippen LogP contribution in [0.3, 0.4) is 0 Å². The maximum atomic E-state index is 13.0. The average molecular weight is 403 g/mol. The zero-order valence-corrected chi connectivity index (χ0v) is 17.5. The smallest absolute Gasteiger partial charge is 0.265 e. The molecule has 150 valence electrons. The van der Waals surface area contributed by atoms with E-state index < -0.39 is 10.0 Å². The van der Waals surface area contributed by atoms with Crippen molar-refractivity contribution in [1.29, 1.82) is 0 Å². The number of ether oxygens (including phenoxy) is 1. The number of benzene rings is 2. The minimum absolute atomic E-state index is 0.0779. The predicted molar refractivity (Wildman–Crippen MR) is 111 cm³/mol. The standard InChI is InChI=1S/C21H26N2O4S/c1-5-21(24)23-10-6-7-16-13-17(8-9-18(16)23)22-28(25,26)20-12-15(3)14(2)11-19(20)27-4/h8-9,11-13,22H,5-7,10H2,1-4H3. The average Bonchev–Trinajstić information content (AvgIpc) is 2.68. The van der Waals surface area contributed by atoms with E-state index in [-0.39, 0.29) is 10.8 Å². The van der Waals surface area contributed by atoms with Crippen LogP contribution in [0.4, 0.5) is 11.4 Å². The molecule has 7 heteroatoms. The molecule has 3 rings (SSSR count). The Hall–Kier alpha value is -2.54. The number of nitrogens with zero attached hydrogens (tertiary/aromatic N) is 1. The van der Waals surface area contributed by atoms with Crippen LogP contribution in [0, 0.1) is 13.8 Å². The molecule has 0 saturated heterocycles. The number of methoxy groups -OCH3 is 1. The monoisotopic (exact) mass is 402 g/mol. The van der Waals surface area contributed by atoms with E-state index in [2.05, 4.69) is 4.72 Å². The Kier molecular flexibility index (Phi) is 5.65. The molecule has 0 saturated carbocycles. The quantitative estimate of drug-likeness (QED) is 0.825. The third-order valence-electron chi connectivity index (χ3n) is 5.12. The highest BCUT2D eigenvalue weighted by atomic mass is 32.2. The molecule has 0 atom stereocenters. The van der Waals surface area contributed by atoms with E-state index >= 15 is 0 Å². The molecule has 0 radical (unpaired) electrons. The first-order valence-electron chi connectivity index (χ1n) is 9.38. The van der Waals surface area contributed by atoms with Gasteiger partial charge in [0.25, 0.3) is 10.0 Å². The fourth-order valence-corrected chi connectivity index (χ4v) is 4.74. The first-order chi connectivity index (χ1) is 13.3. The van der Waals surface area contributed by atoms with Gasteiger partial charge in [-0.1, -0.05) is 6.92 Å². The third-order valence-corrected chi connectivity index (χ3v) is 6.53. The van der Waals surface area contributed by atoms with Crippen molar-refractivity contribution < 1.29 is 17.9 Å². The Bertz CT molecular complexity index is 1020. The lowest BCUT2D eigenvalue weighted by Crippen LogP contribution is -2.34. The Labute approximate surface area is 166 Å². The van der Waals surface area contributed by atoms with E-state index in [4.69, 9.17) is 4.74 Å². The van der Waals surface area contributed by atoms with Gasteiger partial charge in [0.2, 0.25) is 5.91 Å². The summed E-state index contributed by atoms with van der Waals surface area (Å²) in [6, 6.07) is 8.68. The van der Waals surface area contributed by atoms with Crippen LogP contribution in [0.2, 0.25) is 0 Å². The van der Waals surface area contributed by atoms with Crippen molar-refractivity contribution in [2.45, 2.75) is 44.9 Å². The van der Waals surface area contributed by atoms with Crippen LogP contribution in [0.5, 0.6) is 5.75 Å². The lowest BCUT2D eigenvalue weighted by molar-refractivity contribution is -0.118. The zero-order chi connectivity index (χ0) is 20.5. The van der Waals surface area contributed by atoms with Crippen molar-refractivity contribution >= 4 is 27.3 Å². The first kappa shape index (κ1) is 20.2. The Morgan fingerprint density at radius 1 is 1.18 bits per heavy atom. The van der Waals surface area contributed by atoms with Crippen LogP contribution in [0.1, 0.15) is 36.5 Å². The molecule has 1 aliphatic rings. The molecule has 1 heterocycles. The van der Waals surface area contributed by atoms with Gasteiger partial charge in [-0.25, -0.2) is 8.42 Å². The molecule has 0 fully saturated rings. The molecule has 0 aliphatic carbocycles. The molecule has 1 amide bonds. The van der Waals surface area contributed by atoms with Crippen LogP contribution < -0.4 is 14.4 Å². The van der Waals surface area contributed by atoms with Crippen molar-refractivity contribution in [2.75, 3.05) is 23.3 Å². The number of anilines is 2. The number of carbonyl (C=O) groups is 1. The molecule has 6 nitrogen and oxygen atoms in total. The number of nitrogens with one attached hydrogen (secondary N) is 1. The first-order valence-corrected chi connectivity index (χ1v) is 10.9. The van der Waals surface area contributed by atoms with Crippen molar-refractivity contribution in [3.63, 3.8) is 0 Å². The zero-order valence-electron chi connectivity index (χ0n) is 16.7. The number of aryl methyl sites for hydroxylation is 3. The van der Waals surface area contributed by atoms with E-state index in [1.165, 1.54) is 7.11 Å². The summed E-state index contributed by atoms with van der Waals surface area (Å²) in [4.78, 5) is 14.0. The predicted octanol–water partition coefficient (Wildman–Crippen LogP) is 3.80. The van der Waals surface area contributed by atoms with Gasteiger partial charge in [0.15, 0.2) is 0 Å². The highest BCUT2D eigenvalue weighted by molar-refractivity contribution is 7.92. The summed E-state index contributed by atoms with van der Waals surface area (Å²) in [5.74, 6) is 0.391. The molecule has 1 aliphatic heterocycles. The second-order valence-electron chi connectivity index (χ2n) is 7.04. The minimum Gasteiger partial charge on any atom is -0.495 e. The molecule has 0 aromatic heterocycles. The summed E-state index contributed by atoms with van der Waals surface area (Å²) < 4.78 is 33.9. The molecular formula is C21H26N2O4S. The van der Waals surface area contributed by atoms with Gasteiger partial charge in [-0.3, -0.25) is 9.52 Å². The van der Waals surface area contributed by atoms with Crippen molar-refractivity contribution in [1.82, 2.24) is 0 Å². The van der Waals surface area contributed by atoms with Crippen LogP contribution in [0.25, 0.3) is 0 Å². The van der Waals surface area contributed by atoms with Crippen LogP contribution in [-0.2, 0) is 21.2 Å². The third kappa shape index (κ3) is 3.85. The van der Waals surface area contributed by atoms with E-state index in [0.717, 1.165) is 35.2 Å². The van der Waals surface area contributed by atoms with Crippen LogP contribution in [-0.4, -0.2) is 28.0 Å². The number of fused-ring (bicyclic) bond motifs is 1. The molecule has 0 spiro atoms. The molecule has 2 aromatic carbocycles. The summed E-state index contributed by atoms with van der Waals surface area (Å²) in [7, 11) is -2.35. The minimum atomic E-state index is -3.81. The van der Waals surface area contributed by atoms with E-state index in [1.54, 1.807) is 23.1 Å². The number of amides is 1. The number of sulfonamides is 1. The van der Waals surface area contributed by atoms with E-state index in [9.17, 15) is 13.2 Å². The van der Waals surface area contributed by atoms with Crippen molar-refractivity contribution in [2.24, 2.45) is 0 Å². The van der Waals surface area contributed by atoms with Crippen LogP contribution in [0.15, 0.2) is 35.2 Å². The topological polar surface area (TPSA) is 75.7 Å². The molecular weight excluding hydrogens is 376 g/mol. The lowest BCUT2D eigenvalue weighted by atomic mass is 10.0. The maximum Gasteiger partial charge on any atom is 0.265 e. The molecule has 1 N–H and O–H groups in total. The summed E-state index contributed by atoms with van der Waals surface area (Å²) in [6.45, 7) is 6.32. The molecule has 0 unspecified atom stereocenters. The van der Waals surface area contributed by atoms with Gasteiger partial charge >= 0.3 is 0 Å². The number of hydrogen-bond donors (Lipinski definition) is 1. The van der Waals surface area contributed by atoms with Gasteiger partial charge in [-0.05, 0) is 73.7 Å². The van der Waals surface area contributed by atoms with Crippen molar-refractivity contribution in [3.05, 3.63) is 47.0 Å². The number of carbonyl (C=O) groups excluding carboxylic acids is 1. The SMILES string of the molecule is CCC(=O)N1CCCc2cc(NS(=O)(=O)c3cc(C)c(C)cc3OC)ccc21. The van der Waals surface area contributed by atoms with E-state index in [0.29, 0.717) is 24.4 Å². The van der Waals surface area contributed by atoms with Crippen LogP contribution >= 0.6 is 0 Å². The molecule has 2 aromatic rings. The number of rotatable bonds is 5. The molecule has 0 bridgehead atoms. The van der Waals surface area contributed by atoms with Gasteiger partial charge in [-0.2, -0.15) is 0 Å². The fourth-order valence-electron chi connectivity index (χ4n) is 3.45. The lowest BCUT2D eigenvalue weighted by Gasteiger charge is -2.29. The Morgan fingerprint density at radius 2 is 1.89 bits per heavy atom. The summed E-state index contributed by atoms with van der Waals surface area (Å²) in [6.07, 6.45) is 2.12. The molecule has 28 heavy (non-hydrogen) atoms. The fraction of sp³-hybridized carbons (Fsp3) is 0.381. The maximum absolute atomic E-state index is 13.0. The second kappa shape index (κ2) is 7.83. The Morgan fingerprint density at radius 3 is 2.57 bits per heavy atom. The van der Waals surface area contributed by atoms with Crippen molar-refractivity contribution in [3.8, 4) is 5.75 Å². The normalized spacial score (nSPS) is 13.8. The second-order valence-corrected chi connectivity index (χ2v) is 8.69. The Balaban J connectivity index is 1.94. The summed E-state index contributed by atoms with van der Waals surface area (Å²) >= 11 is 0.